The van der Waals surface area contributed by atoms with E-state index in [9.17, 15) is 0 Å². The molecule has 1 unspecified atom stereocenters. The molecule has 31 heavy (non-hydrogen) atoms. The summed E-state index contributed by atoms with van der Waals surface area (Å²) in [6.07, 6.45) is 4.34. The minimum Gasteiger partial charge on any atom is -0.449 e. The molecule has 0 amide bonds. The van der Waals surface area contributed by atoms with E-state index < -0.39 is 6.04 Å². The van der Waals surface area contributed by atoms with E-state index in [0.717, 1.165) is 38.8 Å². The summed E-state index contributed by atoms with van der Waals surface area (Å²) < 4.78 is 22.8. The average molecular weight is 436 g/mol. The highest BCUT2D eigenvalue weighted by molar-refractivity contribution is 7.15. The van der Waals surface area contributed by atoms with Gasteiger partial charge in [-0.2, -0.15) is 0 Å². The lowest BCUT2D eigenvalue weighted by Gasteiger charge is -2.12. The number of rotatable bonds is 4. The van der Waals surface area contributed by atoms with E-state index in [2.05, 4.69) is 29.0 Å². The summed E-state index contributed by atoms with van der Waals surface area (Å²) in [4.78, 5) is 10.5. The molecule has 158 valence electrons. The number of thiophene rings is 1. The SMILES string of the molecule is CCc1ccc(C2=NC(Cc3ncco3)c3nnc(C)n3-c3sc(C)c(C)c32)c(F)c1. The van der Waals surface area contributed by atoms with Gasteiger partial charge in [0.2, 0.25) is 0 Å². The third-order valence-electron chi connectivity index (χ3n) is 5.79. The van der Waals surface area contributed by atoms with Crippen molar-refractivity contribution in [1.82, 2.24) is 19.7 Å². The Kier molecular flexibility index (Phi) is 4.81. The molecule has 8 heteroatoms. The lowest BCUT2D eigenvalue weighted by molar-refractivity contribution is 0.467. The van der Waals surface area contributed by atoms with Crippen molar-refractivity contribution in [2.75, 3.05) is 0 Å². The predicted molar refractivity (Wildman–Crippen MR) is 118 cm³/mol. The van der Waals surface area contributed by atoms with Gasteiger partial charge in [0, 0.05) is 16.0 Å². The Morgan fingerprint density at radius 2 is 2.03 bits per heavy atom. The molecular formula is C23H22FN5OS. The Morgan fingerprint density at radius 1 is 1.19 bits per heavy atom. The van der Waals surface area contributed by atoms with Gasteiger partial charge in [0.25, 0.3) is 0 Å². The number of benzene rings is 1. The first-order valence-corrected chi connectivity index (χ1v) is 11.1. The molecule has 0 saturated heterocycles. The molecule has 4 aromatic rings. The fourth-order valence-corrected chi connectivity index (χ4v) is 5.21. The summed E-state index contributed by atoms with van der Waals surface area (Å²) in [6, 6.07) is 5.00. The molecule has 0 fully saturated rings. The molecule has 5 rings (SSSR count). The zero-order valence-electron chi connectivity index (χ0n) is 17.8. The normalized spacial score (nSPS) is 15.4. The number of aromatic nitrogens is 4. The first-order chi connectivity index (χ1) is 15.0. The summed E-state index contributed by atoms with van der Waals surface area (Å²) in [5.41, 5.74) is 4.11. The number of aliphatic imine (C=N–C) groups is 1. The molecule has 1 atom stereocenters. The smallest absolute Gasteiger partial charge is 0.196 e. The van der Waals surface area contributed by atoms with Crippen molar-refractivity contribution in [3.63, 3.8) is 0 Å². The van der Waals surface area contributed by atoms with Crippen LogP contribution in [0, 0.1) is 26.6 Å². The maximum absolute atomic E-state index is 15.3. The fourth-order valence-electron chi connectivity index (χ4n) is 4.00. The van der Waals surface area contributed by atoms with Gasteiger partial charge < -0.3 is 4.42 Å². The van der Waals surface area contributed by atoms with Crippen LogP contribution in [-0.4, -0.2) is 25.5 Å². The van der Waals surface area contributed by atoms with Gasteiger partial charge in [-0.1, -0.05) is 13.0 Å². The average Bonchev–Trinajstić information content (AvgIpc) is 3.44. The topological polar surface area (TPSA) is 69.1 Å². The maximum Gasteiger partial charge on any atom is 0.196 e. The number of aryl methyl sites for hydroxylation is 3. The highest BCUT2D eigenvalue weighted by Gasteiger charge is 2.32. The van der Waals surface area contributed by atoms with Gasteiger partial charge in [-0.3, -0.25) is 9.56 Å². The van der Waals surface area contributed by atoms with Gasteiger partial charge in [-0.15, -0.1) is 21.5 Å². The molecule has 1 aromatic carbocycles. The maximum atomic E-state index is 15.3. The van der Waals surface area contributed by atoms with Crippen LogP contribution in [-0.2, 0) is 12.8 Å². The summed E-state index contributed by atoms with van der Waals surface area (Å²) in [7, 11) is 0. The van der Waals surface area contributed by atoms with Crippen molar-refractivity contribution in [1.29, 1.82) is 0 Å². The van der Waals surface area contributed by atoms with Crippen molar-refractivity contribution in [2.45, 2.75) is 46.6 Å². The molecule has 0 radical (unpaired) electrons. The molecule has 1 aliphatic heterocycles. The first-order valence-electron chi connectivity index (χ1n) is 10.3. The van der Waals surface area contributed by atoms with E-state index in [4.69, 9.17) is 9.41 Å². The van der Waals surface area contributed by atoms with Gasteiger partial charge in [0.05, 0.1) is 18.3 Å². The quantitative estimate of drug-likeness (QED) is 0.448. The molecule has 4 heterocycles. The van der Waals surface area contributed by atoms with E-state index in [1.165, 1.54) is 0 Å². The van der Waals surface area contributed by atoms with Gasteiger partial charge in [0.15, 0.2) is 11.7 Å². The van der Waals surface area contributed by atoms with Crippen LogP contribution in [0.4, 0.5) is 4.39 Å². The van der Waals surface area contributed by atoms with Crippen LogP contribution in [0.1, 0.15) is 57.6 Å². The number of hydrogen-bond acceptors (Lipinski definition) is 6. The summed E-state index contributed by atoms with van der Waals surface area (Å²) >= 11 is 1.65. The lowest BCUT2D eigenvalue weighted by atomic mass is 9.97. The molecule has 3 aromatic heterocycles. The largest absolute Gasteiger partial charge is 0.449 e. The number of hydrogen-bond donors (Lipinski definition) is 0. The third-order valence-corrected chi connectivity index (χ3v) is 6.98. The van der Waals surface area contributed by atoms with Crippen molar-refractivity contribution in [2.24, 2.45) is 4.99 Å². The van der Waals surface area contributed by atoms with Crippen molar-refractivity contribution >= 4 is 17.0 Å². The van der Waals surface area contributed by atoms with E-state index in [0.29, 0.717) is 29.4 Å². The van der Waals surface area contributed by atoms with Crippen LogP contribution in [0.25, 0.3) is 5.00 Å². The van der Waals surface area contributed by atoms with Crippen LogP contribution in [0.15, 0.2) is 40.1 Å². The highest BCUT2D eigenvalue weighted by atomic mass is 32.1. The van der Waals surface area contributed by atoms with Gasteiger partial charge >= 0.3 is 0 Å². The number of nitrogens with zero attached hydrogens (tertiary/aromatic N) is 5. The molecule has 0 spiro atoms. The molecule has 6 nitrogen and oxygen atoms in total. The Labute approximate surface area is 183 Å². The monoisotopic (exact) mass is 435 g/mol. The van der Waals surface area contributed by atoms with Crippen LogP contribution in [0.5, 0.6) is 0 Å². The minimum atomic E-state index is -0.403. The first kappa shape index (κ1) is 19.8. The van der Waals surface area contributed by atoms with Crippen LogP contribution in [0.3, 0.4) is 0 Å². The van der Waals surface area contributed by atoms with Crippen molar-refractivity contribution in [3.05, 3.63) is 81.1 Å². The van der Waals surface area contributed by atoms with E-state index >= 15 is 4.39 Å². The Balaban J connectivity index is 1.78. The predicted octanol–water partition coefficient (Wildman–Crippen LogP) is 5.08. The number of fused-ring (bicyclic) bond motifs is 3. The second-order valence-corrected chi connectivity index (χ2v) is 8.90. The molecule has 0 N–H and O–H groups in total. The zero-order valence-corrected chi connectivity index (χ0v) is 18.6. The highest BCUT2D eigenvalue weighted by Crippen LogP contribution is 2.39. The van der Waals surface area contributed by atoms with Crippen LogP contribution in [0.2, 0.25) is 0 Å². The Bertz CT molecular complexity index is 1300. The summed E-state index contributed by atoms with van der Waals surface area (Å²) in [5, 5.41) is 9.74. The zero-order chi connectivity index (χ0) is 21.7. The Morgan fingerprint density at radius 3 is 2.74 bits per heavy atom. The Hall–Kier alpha value is -3.13. The van der Waals surface area contributed by atoms with Crippen molar-refractivity contribution < 1.29 is 8.81 Å². The standard InChI is InChI=1S/C23H22FN5OS/c1-5-15-6-7-16(17(24)10-15)21-20-12(2)13(3)31-23(20)29-14(4)27-28-22(29)18(26-21)11-19-25-8-9-30-19/h6-10,18H,5,11H2,1-4H3. The van der Waals surface area contributed by atoms with Gasteiger partial charge in [-0.05, 0) is 50.5 Å². The molecule has 0 bridgehead atoms. The molecular weight excluding hydrogens is 413 g/mol. The minimum absolute atomic E-state index is 0.267. The second-order valence-electron chi connectivity index (χ2n) is 7.70. The van der Waals surface area contributed by atoms with Gasteiger partial charge in [0.1, 0.15) is 28.9 Å². The molecule has 1 aliphatic rings. The van der Waals surface area contributed by atoms with Gasteiger partial charge in [-0.25, -0.2) is 9.37 Å². The lowest BCUT2D eigenvalue weighted by Crippen LogP contribution is -2.11. The van der Waals surface area contributed by atoms with E-state index in [1.54, 1.807) is 29.9 Å². The molecule has 0 aliphatic carbocycles. The summed E-state index contributed by atoms with van der Waals surface area (Å²) in [5.74, 6) is 1.77. The number of halogens is 1. The number of oxazole rings is 1. The summed E-state index contributed by atoms with van der Waals surface area (Å²) in [6.45, 7) is 8.08. The van der Waals surface area contributed by atoms with Crippen LogP contribution < -0.4 is 0 Å². The third kappa shape index (κ3) is 3.22. The van der Waals surface area contributed by atoms with Crippen molar-refractivity contribution in [3.8, 4) is 5.00 Å². The van der Waals surface area contributed by atoms with E-state index in [1.807, 2.05) is 30.5 Å². The van der Waals surface area contributed by atoms with E-state index in [-0.39, 0.29) is 5.82 Å². The molecule has 0 saturated carbocycles. The van der Waals surface area contributed by atoms with Crippen LogP contribution >= 0.6 is 11.3 Å². The second kappa shape index (κ2) is 7.53. The fraction of sp³-hybridized carbons (Fsp3) is 0.304.